The summed E-state index contributed by atoms with van der Waals surface area (Å²) in [5.41, 5.74) is 3.81. The fourth-order valence-corrected chi connectivity index (χ4v) is 7.16. The molecular weight excluding hydrogens is 507 g/mol. The number of hydrogen-bond acceptors (Lipinski definition) is 7. The van der Waals surface area contributed by atoms with E-state index in [1.807, 2.05) is 13.1 Å². The minimum absolute atomic E-state index is 0.288. The van der Waals surface area contributed by atoms with Crippen molar-refractivity contribution in [3.63, 3.8) is 0 Å². The largest absolute Gasteiger partial charge is 0.379 e. The van der Waals surface area contributed by atoms with Crippen molar-refractivity contribution in [2.24, 2.45) is 0 Å². The number of nitrogens with zero attached hydrogens (tertiary/aromatic N) is 6. The van der Waals surface area contributed by atoms with Gasteiger partial charge in [-0.1, -0.05) is 0 Å². The maximum atomic E-state index is 15.6. The molecule has 4 aromatic rings. The fourth-order valence-electron chi connectivity index (χ4n) is 7.16. The van der Waals surface area contributed by atoms with Gasteiger partial charge in [0.2, 0.25) is 0 Å². The molecule has 9 nitrogen and oxygen atoms in total. The van der Waals surface area contributed by atoms with Gasteiger partial charge in [0.05, 0.1) is 24.1 Å². The molecule has 0 atom stereocenters. The van der Waals surface area contributed by atoms with Crippen molar-refractivity contribution >= 4 is 27.9 Å². The molecule has 3 aliphatic rings. The van der Waals surface area contributed by atoms with Crippen LogP contribution in [0.25, 0.3) is 33.2 Å². The maximum absolute atomic E-state index is 15.6. The van der Waals surface area contributed by atoms with Gasteiger partial charge in [-0.05, 0) is 83.3 Å². The summed E-state index contributed by atoms with van der Waals surface area (Å²) in [6.45, 7) is 7.84. The van der Waals surface area contributed by atoms with Crippen molar-refractivity contribution in [3.8, 4) is 11.1 Å². The topological polar surface area (TPSA) is 87.1 Å². The Kier molecular flexibility index (Phi) is 6.93. The molecule has 2 saturated heterocycles. The molecule has 40 heavy (non-hydrogen) atoms. The van der Waals surface area contributed by atoms with E-state index in [1.54, 1.807) is 12.4 Å². The van der Waals surface area contributed by atoms with E-state index in [9.17, 15) is 0 Å². The average Bonchev–Trinajstić information content (AvgIpc) is 3.56. The first-order chi connectivity index (χ1) is 19.5. The fraction of sp³-hybridized carbons (Fsp3) is 0.567. The third-order valence-electron chi connectivity index (χ3n) is 9.36. The van der Waals surface area contributed by atoms with Gasteiger partial charge in [-0.15, -0.1) is 0 Å². The average molecular weight is 547 g/mol. The van der Waals surface area contributed by atoms with Crippen LogP contribution in [0.1, 0.15) is 50.4 Å². The number of halogens is 1. The van der Waals surface area contributed by atoms with E-state index in [2.05, 4.69) is 52.7 Å². The predicted octanol–water partition coefficient (Wildman–Crippen LogP) is 4.74. The van der Waals surface area contributed by atoms with Gasteiger partial charge in [0.1, 0.15) is 29.1 Å². The van der Waals surface area contributed by atoms with Crippen molar-refractivity contribution < 1.29 is 9.13 Å². The van der Waals surface area contributed by atoms with Crippen LogP contribution in [0, 0.1) is 12.7 Å². The molecular formula is C30H39FN8O. The highest BCUT2D eigenvalue weighted by Gasteiger charge is 2.28. The van der Waals surface area contributed by atoms with Gasteiger partial charge in [-0.2, -0.15) is 0 Å². The Bertz CT molecular complexity index is 1490. The Morgan fingerprint density at radius 3 is 2.52 bits per heavy atom. The number of anilines is 1. The number of morpholine rings is 1. The highest BCUT2D eigenvalue weighted by atomic mass is 19.1. The van der Waals surface area contributed by atoms with Gasteiger partial charge in [0, 0.05) is 43.0 Å². The highest BCUT2D eigenvalue weighted by molar-refractivity contribution is 6.02. The molecule has 1 aliphatic carbocycles. The van der Waals surface area contributed by atoms with Gasteiger partial charge in [-0.3, -0.25) is 4.90 Å². The van der Waals surface area contributed by atoms with Crippen LogP contribution in [0.2, 0.25) is 0 Å². The van der Waals surface area contributed by atoms with Gasteiger partial charge < -0.3 is 24.5 Å². The normalized spacial score (nSPS) is 23.8. The molecule has 0 radical (unpaired) electrons. The van der Waals surface area contributed by atoms with Crippen LogP contribution in [0.15, 0.2) is 24.7 Å². The molecule has 0 amide bonds. The van der Waals surface area contributed by atoms with Crippen LogP contribution >= 0.6 is 0 Å². The number of H-pyrrole nitrogens is 1. The van der Waals surface area contributed by atoms with E-state index < -0.39 is 0 Å². The second kappa shape index (κ2) is 10.7. The third kappa shape index (κ3) is 4.76. The zero-order valence-corrected chi connectivity index (χ0v) is 23.5. The summed E-state index contributed by atoms with van der Waals surface area (Å²) in [6, 6.07) is 5.03. The van der Waals surface area contributed by atoms with Crippen LogP contribution in [0.4, 0.5) is 10.2 Å². The minimum atomic E-state index is -0.288. The first-order valence-electron chi connectivity index (χ1n) is 14.8. The Labute approximate surface area is 234 Å². The van der Waals surface area contributed by atoms with Crippen LogP contribution in [0.5, 0.6) is 0 Å². The van der Waals surface area contributed by atoms with Crippen molar-refractivity contribution in [2.75, 3.05) is 51.8 Å². The number of likely N-dealkylation sites (tertiary alicyclic amines) is 1. The first kappa shape index (κ1) is 25.9. The lowest BCUT2D eigenvalue weighted by molar-refractivity contribution is 0.00791. The summed E-state index contributed by atoms with van der Waals surface area (Å²) in [6.07, 6.45) is 10.2. The summed E-state index contributed by atoms with van der Waals surface area (Å²) >= 11 is 0. The number of ether oxygens (including phenoxy) is 1. The summed E-state index contributed by atoms with van der Waals surface area (Å²) in [7, 11) is 2.16. The van der Waals surface area contributed by atoms with E-state index in [1.165, 1.54) is 12.8 Å². The number of aromatic nitrogens is 5. The quantitative estimate of drug-likeness (QED) is 0.374. The van der Waals surface area contributed by atoms with E-state index in [0.717, 1.165) is 104 Å². The molecule has 1 aromatic carbocycles. The van der Waals surface area contributed by atoms with Crippen LogP contribution in [-0.4, -0.2) is 92.8 Å². The first-order valence-corrected chi connectivity index (χ1v) is 14.8. The standard InChI is InChI=1S/C30H39FN8O/c1-19-35-28-25(31)15-20(16-26(28)39(19)23-7-9-37(2)10-8-23)24-17-32-29-27(24)30(34-18-33-29)36-21-3-5-22(6-4-21)38-11-13-40-14-12-38/h15-18,21-23H,3-14H2,1-2H3,(H2,32,33,34,36)/t21-,22-. The highest BCUT2D eigenvalue weighted by Crippen LogP contribution is 2.37. The summed E-state index contributed by atoms with van der Waals surface area (Å²) < 4.78 is 23.4. The van der Waals surface area contributed by atoms with Crippen LogP contribution in [-0.2, 0) is 4.74 Å². The molecule has 0 unspecified atom stereocenters. The molecule has 2 N–H and O–H groups in total. The number of aromatic amines is 1. The van der Waals surface area contributed by atoms with Gasteiger partial charge in [-0.25, -0.2) is 19.3 Å². The maximum Gasteiger partial charge on any atom is 0.151 e. The number of fused-ring (bicyclic) bond motifs is 2. The summed E-state index contributed by atoms with van der Waals surface area (Å²) in [5.74, 6) is 1.40. The SMILES string of the molecule is Cc1nc2c(F)cc(-c3c[nH]c4ncnc(N[C@H]5CC[C@H](N6CCOCC6)CC5)c34)cc2n1C1CCN(C)CC1. The molecule has 3 aromatic heterocycles. The second-order valence-corrected chi connectivity index (χ2v) is 11.8. The van der Waals surface area contributed by atoms with E-state index in [-0.39, 0.29) is 5.82 Å². The van der Waals surface area contributed by atoms with Gasteiger partial charge in [0.25, 0.3) is 0 Å². The Morgan fingerprint density at radius 2 is 1.75 bits per heavy atom. The lowest BCUT2D eigenvalue weighted by Crippen LogP contribution is -2.46. The summed E-state index contributed by atoms with van der Waals surface area (Å²) in [5, 5.41) is 4.65. The van der Waals surface area contributed by atoms with Gasteiger partial charge in [0.15, 0.2) is 5.82 Å². The molecule has 2 aliphatic heterocycles. The number of imidazole rings is 1. The Hall–Kier alpha value is -3.08. The molecule has 0 spiro atoms. The summed E-state index contributed by atoms with van der Waals surface area (Å²) in [4.78, 5) is 22.1. The molecule has 0 bridgehead atoms. The lowest BCUT2D eigenvalue weighted by atomic mass is 9.90. The molecule has 3 fully saturated rings. The number of piperidine rings is 1. The number of benzene rings is 1. The van der Waals surface area contributed by atoms with Crippen LogP contribution < -0.4 is 5.32 Å². The van der Waals surface area contributed by atoms with Crippen molar-refractivity contribution in [1.82, 2.24) is 34.3 Å². The van der Waals surface area contributed by atoms with Gasteiger partial charge >= 0.3 is 0 Å². The molecule has 1 saturated carbocycles. The third-order valence-corrected chi connectivity index (χ3v) is 9.36. The number of rotatable bonds is 5. The smallest absolute Gasteiger partial charge is 0.151 e. The molecule has 212 valence electrons. The predicted molar refractivity (Wildman–Crippen MR) is 155 cm³/mol. The molecule has 10 heteroatoms. The van der Waals surface area contributed by atoms with Crippen LogP contribution in [0.3, 0.4) is 0 Å². The van der Waals surface area contributed by atoms with E-state index in [4.69, 9.17) is 4.74 Å². The zero-order chi connectivity index (χ0) is 27.2. The van der Waals surface area contributed by atoms with Crippen molar-refractivity contribution in [1.29, 1.82) is 0 Å². The monoisotopic (exact) mass is 546 g/mol. The Morgan fingerprint density at radius 1 is 0.975 bits per heavy atom. The van der Waals surface area contributed by atoms with Crippen molar-refractivity contribution in [3.05, 3.63) is 36.3 Å². The number of hydrogen-bond donors (Lipinski definition) is 2. The molecule has 7 rings (SSSR count). The number of nitrogens with one attached hydrogen (secondary N) is 2. The zero-order valence-electron chi connectivity index (χ0n) is 23.5. The Balaban J connectivity index is 1.18. The lowest BCUT2D eigenvalue weighted by Gasteiger charge is -2.39. The minimum Gasteiger partial charge on any atom is -0.379 e. The van der Waals surface area contributed by atoms with Crippen molar-refractivity contribution in [2.45, 2.75) is 63.6 Å². The molecule has 5 heterocycles. The second-order valence-electron chi connectivity index (χ2n) is 11.8. The van der Waals surface area contributed by atoms with E-state index in [0.29, 0.717) is 23.6 Å². The van der Waals surface area contributed by atoms with E-state index >= 15 is 4.39 Å². The number of aryl methyl sites for hydroxylation is 1.